The second-order valence-electron chi connectivity index (χ2n) is 8.67. The van der Waals surface area contributed by atoms with E-state index in [9.17, 15) is 4.79 Å². The third-order valence-electron chi connectivity index (χ3n) is 6.37. The van der Waals surface area contributed by atoms with Crippen molar-refractivity contribution in [1.29, 1.82) is 0 Å². The van der Waals surface area contributed by atoms with Crippen LogP contribution in [-0.4, -0.2) is 35.9 Å². The molecule has 0 unspecified atom stereocenters. The fourth-order valence-corrected chi connectivity index (χ4v) is 5.37. The summed E-state index contributed by atoms with van der Waals surface area (Å²) in [5.74, 6) is 1.74. The third-order valence-corrected chi connectivity index (χ3v) is 7.38. The van der Waals surface area contributed by atoms with Gasteiger partial charge in [0.2, 0.25) is 0 Å². The molecule has 2 aromatic carbocycles. The SMILES string of the molecule is COc1ccc(-c2nc(C(=O)CCCC3CCN(Cc4ccccc4)CC3)sc2C)cc1. The van der Waals surface area contributed by atoms with Crippen molar-refractivity contribution in [3.8, 4) is 17.0 Å². The van der Waals surface area contributed by atoms with E-state index in [1.54, 1.807) is 7.11 Å². The lowest BCUT2D eigenvalue weighted by molar-refractivity contribution is 0.0973. The second-order valence-corrected chi connectivity index (χ2v) is 9.88. The monoisotopic (exact) mass is 448 g/mol. The van der Waals surface area contributed by atoms with Gasteiger partial charge < -0.3 is 4.74 Å². The van der Waals surface area contributed by atoms with Gasteiger partial charge in [-0.3, -0.25) is 9.69 Å². The van der Waals surface area contributed by atoms with Gasteiger partial charge in [-0.05, 0) is 81.4 Å². The molecule has 0 spiro atoms. The largest absolute Gasteiger partial charge is 0.497 e. The molecule has 0 saturated carbocycles. The number of thiazole rings is 1. The highest BCUT2D eigenvalue weighted by Gasteiger charge is 2.20. The molecule has 4 nitrogen and oxygen atoms in total. The molecule has 1 fully saturated rings. The summed E-state index contributed by atoms with van der Waals surface area (Å²) >= 11 is 1.52. The molecule has 2 heterocycles. The van der Waals surface area contributed by atoms with Gasteiger partial charge in [0.25, 0.3) is 0 Å². The van der Waals surface area contributed by atoms with Crippen LogP contribution < -0.4 is 4.74 Å². The van der Waals surface area contributed by atoms with Crippen molar-refractivity contribution in [1.82, 2.24) is 9.88 Å². The minimum atomic E-state index is 0.180. The van der Waals surface area contributed by atoms with E-state index in [1.165, 1.54) is 29.7 Å². The third kappa shape index (κ3) is 5.84. The highest BCUT2D eigenvalue weighted by Crippen LogP contribution is 2.30. The summed E-state index contributed by atoms with van der Waals surface area (Å²) in [4.78, 5) is 21.1. The van der Waals surface area contributed by atoms with E-state index in [4.69, 9.17) is 4.74 Å². The lowest BCUT2D eigenvalue weighted by atomic mass is 9.91. The molecule has 0 bridgehead atoms. The van der Waals surface area contributed by atoms with Crippen LogP contribution in [0.3, 0.4) is 0 Å². The van der Waals surface area contributed by atoms with Gasteiger partial charge >= 0.3 is 0 Å². The molecule has 3 aromatic rings. The Bertz CT molecular complexity index is 1010. The van der Waals surface area contributed by atoms with Gasteiger partial charge in [0.15, 0.2) is 10.8 Å². The molecule has 4 rings (SSSR count). The Morgan fingerprint density at radius 2 is 1.81 bits per heavy atom. The van der Waals surface area contributed by atoms with Gasteiger partial charge in [-0.2, -0.15) is 0 Å². The number of hydrogen-bond acceptors (Lipinski definition) is 5. The van der Waals surface area contributed by atoms with Gasteiger partial charge in [-0.1, -0.05) is 30.3 Å². The number of benzene rings is 2. The Kier molecular flexibility index (Phi) is 7.72. The molecule has 0 radical (unpaired) electrons. The van der Waals surface area contributed by atoms with E-state index >= 15 is 0 Å². The number of piperidine rings is 1. The van der Waals surface area contributed by atoms with Crippen molar-refractivity contribution in [3.05, 3.63) is 70.0 Å². The minimum Gasteiger partial charge on any atom is -0.497 e. The van der Waals surface area contributed by atoms with Crippen LogP contribution in [0.15, 0.2) is 54.6 Å². The number of carbonyl (C=O) groups is 1. The molecule has 0 amide bonds. The maximum absolute atomic E-state index is 12.8. The fourth-order valence-electron chi connectivity index (χ4n) is 4.47. The zero-order valence-corrected chi connectivity index (χ0v) is 19.9. The van der Waals surface area contributed by atoms with E-state index in [1.807, 2.05) is 31.2 Å². The molecule has 1 aromatic heterocycles. The predicted octanol–water partition coefficient (Wildman–Crippen LogP) is 6.39. The first kappa shape index (κ1) is 22.7. The number of ether oxygens (including phenoxy) is 1. The van der Waals surface area contributed by atoms with Crippen molar-refractivity contribution in [2.75, 3.05) is 20.2 Å². The molecule has 0 N–H and O–H groups in total. The number of carbonyl (C=O) groups excluding carboxylic acids is 1. The zero-order valence-electron chi connectivity index (χ0n) is 19.0. The van der Waals surface area contributed by atoms with E-state index in [0.717, 1.165) is 60.3 Å². The fraction of sp³-hybridized carbons (Fsp3) is 0.407. The molecular formula is C27H32N2O2S. The maximum atomic E-state index is 12.8. The minimum absolute atomic E-state index is 0.180. The number of ketones is 1. The van der Waals surface area contributed by atoms with Crippen LogP contribution in [0.4, 0.5) is 0 Å². The summed E-state index contributed by atoms with van der Waals surface area (Å²) in [5.41, 5.74) is 3.33. The average Bonchev–Trinajstić information content (AvgIpc) is 3.22. The Morgan fingerprint density at radius 1 is 1.09 bits per heavy atom. The molecule has 5 heteroatoms. The first-order valence-corrected chi connectivity index (χ1v) is 12.4. The van der Waals surface area contributed by atoms with Gasteiger partial charge in [-0.15, -0.1) is 11.3 Å². The Hall–Kier alpha value is -2.50. The summed E-state index contributed by atoms with van der Waals surface area (Å²) in [6.07, 6.45) is 5.16. The van der Waals surface area contributed by atoms with Crippen LogP contribution >= 0.6 is 11.3 Å². The van der Waals surface area contributed by atoms with Crippen molar-refractivity contribution in [2.45, 2.75) is 45.6 Å². The van der Waals surface area contributed by atoms with Gasteiger partial charge in [0.1, 0.15) is 5.75 Å². The first-order valence-electron chi connectivity index (χ1n) is 11.5. The zero-order chi connectivity index (χ0) is 22.3. The number of aromatic nitrogens is 1. The standard InChI is InChI=1S/C27H32N2O2S/c1-20-26(23-11-13-24(31-2)14-12-23)28-27(32-20)25(30)10-6-9-21-15-17-29(18-16-21)19-22-7-4-3-5-8-22/h3-5,7-8,11-14,21H,6,9-10,15-19H2,1-2H3. The van der Waals surface area contributed by atoms with Crippen LogP contribution in [-0.2, 0) is 6.54 Å². The van der Waals surface area contributed by atoms with Crippen LogP contribution in [0, 0.1) is 12.8 Å². The Morgan fingerprint density at radius 3 is 2.50 bits per heavy atom. The maximum Gasteiger partial charge on any atom is 0.191 e. The topological polar surface area (TPSA) is 42.4 Å². The van der Waals surface area contributed by atoms with E-state index in [-0.39, 0.29) is 5.78 Å². The number of rotatable bonds is 9. The van der Waals surface area contributed by atoms with Crippen molar-refractivity contribution >= 4 is 17.1 Å². The van der Waals surface area contributed by atoms with Gasteiger partial charge in [-0.25, -0.2) is 4.98 Å². The summed E-state index contributed by atoms with van der Waals surface area (Å²) in [6, 6.07) is 18.6. The molecule has 0 aliphatic carbocycles. The average molecular weight is 449 g/mol. The molecule has 168 valence electrons. The Balaban J connectivity index is 1.22. The summed E-state index contributed by atoms with van der Waals surface area (Å²) < 4.78 is 5.23. The van der Waals surface area contributed by atoms with Crippen LogP contribution in [0.25, 0.3) is 11.3 Å². The molecule has 0 atom stereocenters. The molecule has 1 aliphatic rings. The quantitative estimate of drug-likeness (QED) is 0.356. The highest BCUT2D eigenvalue weighted by atomic mass is 32.1. The van der Waals surface area contributed by atoms with Crippen molar-refractivity contribution in [3.63, 3.8) is 0 Å². The second kappa shape index (κ2) is 10.9. The lowest BCUT2D eigenvalue weighted by Gasteiger charge is -2.32. The number of Topliss-reactive ketones (excluding diaryl/α,β-unsaturated/α-hetero) is 1. The number of likely N-dealkylation sites (tertiary alicyclic amines) is 1. The highest BCUT2D eigenvalue weighted by molar-refractivity contribution is 7.14. The van der Waals surface area contributed by atoms with E-state index in [2.05, 4.69) is 40.2 Å². The molecule has 32 heavy (non-hydrogen) atoms. The Labute approximate surface area is 195 Å². The molecule has 1 aliphatic heterocycles. The van der Waals surface area contributed by atoms with Crippen molar-refractivity contribution < 1.29 is 9.53 Å². The van der Waals surface area contributed by atoms with E-state index < -0.39 is 0 Å². The lowest BCUT2D eigenvalue weighted by Crippen LogP contribution is -2.33. The van der Waals surface area contributed by atoms with Crippen LogP contribution in [0.1, 0.15) is 52.3 Å². The smallest absolute Gasteiger partial charge is 0.191 e. The van der Waals surface area contributed by atoms with Crippen LogP contribution in [0.5, 0.6) is 5.75 Å². The predicted molar refractivity (Wildman–Crippen MR) is 131 cm³/mol. The number of methoxy groups -OCH3 is 1. The molecule has 1 saturated heterocycles. The molecular weight excluding hydrogens is 416 g/mol. The van der Waals surface area contributed by atoms with Crippen molar-refractivity contribution in [2.24, 2.45) is 5.92 Å². The normalized spacial score (nSPS) is 15.1. The first-order chi connectivity index (χ1) is 15.6. The number of aryl methyl sites for hydroxylation is 1. The summed E-state index contributed by atoms with van der Waals surface area (Å²) in [7, 11) is 1.66. The summed E-state index contributed by atoms with van der Waals surface area (Å²) in [5, 5.41) is 0.644. The van der Waals surface area contributed by atoms with Gasteiger partial charge in [0.05, 0.1) is 12.8 Å². The summed E-state index contributed by atoms with van der Waals surface area (Å²) in [6.45, 7) is 5.40. The number of nitrogens with zero attached hydrogens (tertiary/aromatic N) is 2. The van der Waals surface area contributed by atoms with Crippen LogP contribution in [0.2, 0.25) is 0 Å². The number of hydrogen-bond donors (Lipinski definition) is 0. The van der Waals surface area contributed by atoms with E-state index in [0.29, 0.717) is 11.4 Å². The van der Waals surface area contributed by atoms with Gasteiger partial charge in [0, 0.05) is 23.4 Å².